The van der Waals surface area contributed by atoms with Crippen molar-refractivity contribution >= 4 is 5.91 Å². The van der Waals surface area contributed by atoms with E-state index in [-0.39, 0.29) is 17.9 Å². The van der Waals surface area contributed by atoms with Crippen LogP contribution in [0.4, 0.5) is 0 Å². The molecule has 0 aromatic rings. The van der Waals surface area contributed by atoms with Gasteiger partial charge in [-0.3, -0.25) is 4.79 Å². The summed E-state index contributed by atoms with van der Waals surface area (Å²) in [7, 11) is 2.11. The van der Waals surface area contributed by atoms with E-state index >= 15 is 0 Å². The standard InChI is InChI=1S/C13H27N3O/c1-10(2)16(3)8-4-7-15-13(17)11-5-6-12(14)9-11/h10-12H,4-9,14H2,1-3H3,(H,15,17). The summed E-state index contributed by atoms with van der Waals surface area (Å²) in [6.07, 6.45) is 3.82. The van der Waals surface area contributed by atoms with Crippen LogP contribution in [-0.2, 0) is 4.79 Å². The number of carbonyl (C=O) groups excluding carboxylic acids is 1. The van der Waals surface area contributed by atoms with Crippen LogP contribution in [0.2, 0.25) is 0 Å². The summed E-state index contributed by atoms with van der Waals surface area (Å²) < 4.78 is 0. The third kappa shape index (κ3) is 5.04. The van der Waals surface area contributed by atoms with Crippen LogP contribution in [0.5, 0.6) is 0 Å². The third-order valence-corrected chi connectivity index (χ3v) is 3.71. The van der Waals surface area contributed by atoms with Gasteiger partial charge in [0.05, 0.1) is 0 Å². The Labute approximate surface area is 105 Å². The number of rotatable bonds is 6. The number of carbonyl (C=O) groups is 1. The molecule has 4 heteroatoms. The first-order valence-corrected chi connectivity index (χ1v) is 6.74. The molecule has 100 valence electrons. The van der Waals surface area contributed by atoms with E-state index in [0.29, 0.717) is 6.04 Å². The molecule has 0 spiro atoms. The van der Waals surface area contributed by atoms with Crippen LogP contribution in [0.1, 0.15) is 39.5 Å². The number of nitrogens with zero attached hydrogens (tertiary/aromatic N) is 1. The van der Waals surface area contributed by atoms with Gasteiger partial charge in [0, 0.05) is 24.5 Å². The lowest BCUT2D eigenvalue weighted by molar-refractivity contribution is -0.124. The summed E-state index contributed by atoms with van der Waals surface area (Å²) >= 11 is 0. The SMILES string of the molecule is CC(C)N(C)CCCNC(=O)C1CCC(N)C1. The summed E-state index contributed by atoms with van der Waals surface area (Å²) in [5.41, 5.74) is 5.80. The van der Waals surface area contributed by atoms with E-state index in [1.165, 1.54) is 0 Å². The van der Waals surface area contributed by atoms with Crippen molar-refractivity contribution in [3.05, 3.63) is 0 Å². The second kappa shape index (κ2) is 6.97. The van der Waals surface area contributed by atoms with Gasteiger partial charge >= 0.3 is 0 Å². The van der Waals surface area contributed by atoms with E-state index in [4.69, 9.17) is 5.73 Å². The molecular formula is C13H27N3O. The zero-order chi connectivity index (χ0) is 12.8. The van der Waals surface area contributed by atoms with Gasteiger partial charge in [-0.05, 0) is 53.1 Å². The van der Waals surface area contributed by atoms with Gasteiger partial charge in [0.2, 0.25) is 5.91 Å². The zero-order valence-corrected chi connectivity index (χ0v) is 11.4. The lowest BCUT2D eigenvalue weighted by Gasteiger charge is -2.21. The molecule has 0 heterocycles. The highest BCUT2D eigenvalue weighted by molar-refractivity contribution is 5.78. The second-order valence-corrected chi connectivity index (χ2v) is 5.49. The average molecular weight is 241 g/mol. The molecule has 2 unspecified atom stereocenters. The Hall–Kier alpha value is -0.610. The van der Waals surface area contributed by atoms with Crippen molar-refractivity contribution in [2.45, 2.75) is 51.6 Å². The lowest BCUT2D eigenvalue weighted by Crippen LogP contribution is -2.34. The molecular weight excluding hydrogens is 214 g/mol. The van der Waals surface area contributed by atoms with E-state index in [1.807, 2.05) is 0 Å². The maximum atomic E-state index is 11.8. The Bertz CT molecular complexity index is 243. The zero-order valence-electron chi connectivity index (χ0n) is 11.4. The Morgan fingerprint density at radius 3 is 2.71 bits per heavy atom. The maximum Gasteiger partial charge on any atom is 0.223 e. The monoisotopic (exact) mass is 241 g/mol. The number of nitrogens with two attached hydrogens (primary N) is 1. The van der Waals surface area contributed by atoms with Gasteiger partial charge in [-0.2, -0.15) is 0 Å². The lowest BCUT2D eigenvalue weighted by atomic mass is 10.1. The Kier molecular flexibility index (Phi) is 5.92. The summed E-state index contributed by atoms with van der Waals surface area (Å²) in [6.45, 7) is 6.17. The molecule has 1 aliphatic carbocycles. The fraction of sp³-hybridized carbons (Fsp3) is 0.923. The summed E-state index contributed by atoms with van der Waals surface area (Å²) in [4.78, 5) is 14.1. The van der Waals surface area contributed by atoms with Gasteiger partial charge < -0.3 is 16.0 Å². The fourth-order valence-corrected chi connectivity index (χ4v) is 2.20. The van der Waals surface area contributed by atoms with E-state index in [1.54, 1.807) is 0 Å². The predicted octanol–water partition coefficient (Wildman–Crippen LogP) is 0.960. The largest absolute Gasteiger partial charge is 0.356 e. The predicted molar refractivity (Wildman–Crippen MR) is 70.7 cm³/mol. The first-order valence-electron chi connectivity index (χ1n) is 6.74. The average Bonchev–Trinajstić information content (AvgIpc) is 2.70. The van der Waals surface area contributed by atoms with Crippen molar-refractivity contribution in [2.24, 2.45) is 11.7 Å². The normalized spacial score (nSPS) is 24.6. The molecule has 1 rings (SSSR count). The van der Waals surface area contributed by atoms with Gasteiger partial charge in [-0.15, -0.1) is 0 Å². The molecule has 0 aliphatic heterocycles. The van der Waals surface area contributed by atoms with Gasteiger partial charge in [-0.25, -0.2) is 0 Å². The fourth-order valence-electron chi connectivity index (χ4n) is 2.20. The molecule has 0 bridgehead atoms. The first-order chi connectivity index (χ1) is 8.00. The molecule has 0 aromatic heterocycles. The van der Waals surface area contributed by atoms with Crippen LogP contribution in [-0.4, -0.2) is 43.0 Å². The second-order valence-electron chi connectivity index (χ2n) is 5.49. The topological polar surface area (TPSA) is 58.4 Å². The van der Waals surface area contributed by atoms with Crippen molar-refractivity contribution in [3.8, 4) is 0 Å². The highest BCUT2D eigenvalue weighted by Crippen LogP contribution is 2.23. The quantitative estimate of drug-likeness (QED) is 0.681. The van der Waals surface area contributed by atoms with Crippen molar-refractivity contribution in [1.82, 2.24) is 10.2 Å². The van der Waals surface area contributed by atoms with Crippen LogP contribution < -0.4 is 11.1 Å². The van der Waals surface area contributed by atoms with Crippen molar-refractivity contribution in [1.29, 1.82) is 0 Å². The van der Waals surface area contributed by atoms with E-state index in [0.717, 1.165) is 38.8 Å². The summed E-state index contributed by atoms with van der Waals surface area (Å²) in [5, 5.41) is 3.02. The molecule has 17 heavy (non-hydrogen) atoms. The third-order valence-electron chi connectivity index (χ3n) is 3.71. The Morgan fingerprint density at radius 2 is 2.18 bits per heavy atom. The molecule has 0 radical (unpaired) electrons. The molecule has 1 saturated carbocycles. The molecule has 0 aromatic carbocycles. The van der Waals surface area contributed by atoms with Gasteiger partial charge in [0.25, 0.3) is 0 Å². The van der Waals surface area contributed by atoms with Crippen LogP contribution in [0.3, 0.4) is 0 Å². The molecule has 4 nitrogen and oxygen atoms in total. The van der Waals surface area contributed by atoms with Crippen LogP contribution in [0, 0.1) is 5.92 Å². The molecule has 1 amide bonds. The van der Waals surface area contributed by atoms with E-state index in [2.05, 4.69) is 31.1 Å². The number of hydrogen-bond donors (Lipinski definition) is 2. The molecule has 0 saturated heterocycles. The number of nitrogens with one attached hydrogen (secondary N) is 1. The van der Waals surface area contributed by atoms with Crippen LogP contribution >= 0.6 is 0 Å². The Balaban J connectivity index is 2.08. The summed E-state index contributed by atoms with van der Waals surface area (Å²) in [5.74, 6) is 0.359. The minimum atomic E-state index is 0.160. The van der Waals surface area contributed by atoms with Crippen molar-refractivity contribution < 1.29 is 4.79 Å². The molecule has 1 aliphatic rings. The van der Waals surface area contributed by atoms with Gasteiger partial charge in [-0.1, -0.05) is 0 Å². The van der Waals surface area contributed by atoms with Crippen molar-refractivity contribution in [2.75, 3.05) is 20.1 Å². The summed E-state index contributed by atoms with van der Waals surface area (Å²) in [6, 6.07) is 0.802. The van der Waals surface area contributed by atoms with Crippen LogP contribution in [0.25, 0.3) is 0 Å². The molecule has 1 fully saturated rings. The molecule has 3 N–H and O–H groups in total. The van der Waals surface area contributed by atoms with E-state index in [9.17, 15) is 4.79 Å². The highest BCUT2D eigenvalue weighted by atomic mass is 16.1. The number of hydrogen-bond acceptors (Lipinski definition) is 3. The maximum absolute atomic E-state index is 11.8. The highest BCUT2D eigenvalue weighted by Gasteiger charge is 2.27. The smallest absolute Gasteiger partial charge is 0.223 e. The Morgan fingerprint density at radius 1 is 1.47 bits per heavy atom. The van der Waals surface area contributed by atoms with Crippen molar-refractivity contribution in [3.63, 3.8) is 0 Å². The van der Waals surface area contributed by atoms with E-state index < -0.39 is 0 Å². The van der Waals surface area contributed by atoms with Gasteiger partial charge in [0.1, 0.15) is 0 Å². The first kappa shape index (κ1) is 14.5. The van der Waals surface area contributed by atoms with Crippen LogP contribution in [0.15, 0.2) is 0 Å². The molecule has 2 atom stereocenters. The minimum Gasteiger partial charge on any atom is -0.356 e. The number of amides is 1. The minimum absolute atomic E-state index is 0.160. The van der Waals surface area contributed by atoms with Gasteiger partial charge in [0.15, 0.2) is 0 Å².